The first-order chi connectivity index (χ1) is 16.0. The van der Waals surface area contributed by atoms with Crippen LogP contribution in [0, 0.1) is 0 Å². The summed E-state index contributed by atoms with van der Waals surface area (Å²) < 4.78 is 16.1. The summed E-state index contributed by atoms with van der Waals surface area (Å²) in [5.41, 5.74) is 2.87. The second kappa shape index (κ2) is 9.58. The fourth-order valence-corrected chi connectivity index (χ4v) is 4.79. The third-order valence-electron chi connectivity index (χ3n) is 5.67. The van der Waals surface area contributed by atoms with Crippen molar-refractivity contribution >= 4 is 34.9 Å². The molecule has 1 fully saturated rings. The van der Waals surface area contributed by atoms with Crippen LogP contribution in [0.15, 0.2) is 41.3 Å². The Bertz CT molecular complexity index is 1150. The second-order valence-corrected chi connectivity index (χ2v) is 8.52. The Hall–Kier alpha value is -3.46. The van der Waals surface area contributed by atoms with Gasteiger partial charge < -0.3 is 19.1 Å². The Labute approximate surface area is 196 Å². The fourth-order valence-electron chi connectivity index (χ4n) is 3.96. The summed E-state index contributed by atoms with van der Waals surface area (Å²) >= 11 is 0.797. The molecule has 0 aromatic heterocycles. The van der Waals surface area contributed by atoms with Crippen LogP contribution in [0.2, 0.25) is 0 Å². The maximum Gasteiger partial charge on any atom is 0.294 e. The zero-order valence-electron chi connectivity index (χ0n) is 18.6. The van der Waals surface area contributed by atoms with Gasteiger partial charge in [-0.3, -0.25) is 19.3 Å². The van der Waals surface area contributed by atoms with Crippen LogP contribution in [0.4, 0.5) is 4.79 Å². The number of nitrogens with zero attached hydrogens (tertiary/aromatic N) is 2. The SMILES string of the molecule is COc1ccc(C=C2SC(=O)N(CC(=O)N3CCc4ccccc4C3)C2=O)c(OC)c1OC. The van der Waals surface area contributed by atoms with Crippen molar-refractivity contribution in [2.24, 2.45) is 0 Å². The van der Waals surface area contributed by atoms with E-state index in [1.54, 1.807) is 23.1 Å². The van der Waals surface area contributed by atoms with E-state index in [4.69, 9.17) is 14.2 Å². The van der Waals surface area contributed by atoms with Gasteiger partial charge in [-0.15, -0.1) is 0 Å². The molecule has 2 heterocycles. The molecule has 8 nitrogen and oxygen atoms in total. The first-order valence-electron chi connectivity index (χ1n) is 10.4. The van der Waals surface area contributed by atoms with Gasteiger partial charge in [0.05, 0.1) is 26.2 Å². The van der Waals surface area contributed by atoms with Crippen molar-refractivity contribution in [2.45, 2.75) is 13.0 Å². The minimum absolute atomic E-state index is 0.210. The van der Waals surface area contributed by atoms with E-state index in [-0.39, 0.29) is 17.4 Å². The van der Waals surface area contributed by atoms with Gasteiger partial charge >= 0.3 is 0 Å². The summed E-state index contributed by atoms with van der Waals surface area (Å²) in [7, 11) is 4.48. The normalized spacial score (nSPS) is 16.8. The summed E-state index contributed by atoms with van der Waals surface area (Å²) in [5.74, 6) is 0.484. The standard InChI is InChI=1S/C24H24N2O6S/c1-30-18-9-8-16(21(31-2)22(18)32-3)12-19-23(28)26(24(29)33-19)14-20(27)25-11-10-15-6-4-5-7-17(15)13-25/h4-9,12H,10-11,13-14H2,1-3H3. The number of thioether (sulfide) groups is 1. The van der Waals surface area contributed by atoms with E-state index in [1.807, 2.05) is 18.2 Å². The van der Waals surface area contributed by atoms with Crippen LogP contribution < -0.4 is 14.2 Å². The summed E-state index contributed by atoms with van der Waals surface area (Å²) in [6.45, 7) is 0.752. The van der Waals surface area contributed by atoms with Crippen LogP contribution in [-0.2, 0) is 22.6 Å². The summed E-state index contributed by atoms with van der Waals surface area (Å²) in [5, 5.41) is -0.476. The Kier molecular flexibility index (Phi) is 6.60. The topological polar surface area (TPSA) is 85.4 Å². The maximum absolute atomic E-state index is 13.0. The number of imide groups is 1. The van der Waals surface area contributed by atoms with E-state index >= 15 is 0 Å². The molecule has 0 unspecified atom stereocenters. The van der Waals surface area contributed by atoms with E-state index in [0.717, 1.165) is 28.6 Å². The molecule has 0 atom stereocenters. The summed E-state index contributed by atoms with van der Waals surface area (Å²) in [6.07, 6.45) is 2.32. The number of amides is 3. The highest BCUT2D eigenvalue weighted by Crippen LogP contribution is 2.42. The number of hydrogen-bond acceptors (Lipinski definition) is 7. The molecule has 0 bridgehead atoms. The zero-order chi connectivity index (χ0) is 23.5. The molecule has 172 valence electrons. The minimum Gasteiger partial charge on any atom is -0.493 e. The molecule has 2 aliphatic rings. The smallest absolute Gasteiger partial charge is 0.294 e. The van der Waals surface area contributed by atoms with Crippen molar-refractivity contribution in [3.8, 4) is 17.2 Å². The van der Waals surface area contributed by atoms with Crippen molar-refractivity contribution in [3.05, 3.63) is 58.0 Å². The van der Waals surface area contributed by atoms with Crippen LogP contribution in [-0.4, -0.2) is 61.3 Å². The van der Waals surface area contributed by atoms with Crippen molar-refractivity contribution in [1.82, 2.24) is 9.80 Å². The first kappa shape index (κ1) is 22.7. The van der Waals surface area contributed by atoms with Gasteiger partial charge in [0.2, 0.25) is 11.7 Å². The molecule has 0 radical (unpaired) electrons. The van der Waals surface area contributed by atoms with Crippen molar-refractivity contribution in [2.75, 3.05) is 34.4 Å². The molecule has 2 aliphatic heterocycles. The molecule has 9 heteroatoms. The lowest BCUT2D eigenvalue weighted by Gasteiger charge is -2.29. The number of ether oxygens (including phenoxy) is 3. The highest BCUT2D eigenvalue weighted by Gasteiger charge is 2.37. The van der Waals surface area contributed by atoms with E-state index in [1.165, 1.54) is 26.9 Å². The van der Waals surface area contributed by atoms with Gasteiger partial charge in [-0.2, -0.15) is 0 Å². The molecule has 0 saturated carbocycles. The van der Waals surface area contributed by atoms with Crippen molar-refractivity contribution in [1.29, 1.82) is 0 Å². The lowest BCUT2D eigenvalue weighted by Crippen LogP contribution is -2.44. The lowest BCUT2D eigenvalue weighted by atomic mass is 10.00. The molecule has 33 heavy (non-hydrogen) atoms. The van der Waals surface area contributed by atoms with Crippen molar-refractivity contribution in [3.63, 3.8) is 0 Å². The predicted molar refractivity (Wildman–Crippen MR) is 124 cm³/mol. The third-order valence-corrected chi connectivity index (χ3v) is 6.58. The molecule has 0 spiro atoms. The Morgan fingerprint density at radius 1 is 1.00 bits per heavy atom. The number of carbonyl (C=O) groups is 3. The van der Waals surface area contributed by atoms with Gasteiger partial charge in [-0.25, -0.2) is 0 Å². The summed E-state index contributed by atoms with van der Waals surface area (Å²) in [6, 6.07) is 11.4. The zero-order valence-corrected chi connectivity index (χ0v) is 19.4. The maximum atomic E-state index is 13.0. The molecular weight excluding hydrogens is 444 g/mol. The molecule has 1 saturated heterocycles. The van der Waals surface area contributed by atoms with Crippen molar-refractivity contribution < 1.29 is 28.6 Å². The monoisotopic (exact) mass is 468 g/mol. The molecule has 3 amide bonds. The van der Waals surface area contributed by atoms with Gasteiger partial charge in [0.1, 0.15) is 6.54 Å². The molecule has 2 aromatic carbocycles. The van der Waals surface area contributed by atoms with Gasteiger partial charge in [0, 0.05) is 18.7 Å². The van der Waals surface area contributed by atoms with Gasteiger partial charge in [0.25, 0.3) is 11.1 Å². The quantitative estimate of drug-likeness (QED) is 0.601. The number of hydrogen-bond donors (Lipinski definition) is 0. The Morgan fingerprint density at radius 3 is 2.42 bits per heavy atom. The van der Waals surface area contributed by atoms with Gasteiger partial charge in [0.15, 0.2) is 11.5 Å². The molecule has 0 N–H and O–H groups in total. The lowest BCUT2D eigenvalue weighted by molar-refractivity contribution is -0.136. The van der Waals surface area contributed by atoms with Crippen LogP contribution in [0.25, 0.3) is 6.08 Å². The number of benzene rings is 2. The van der Waals surface area contributed by atoms with Crippen LogP contribution in [0.3, 0.4) is 0 Å². The number of carbonyl (C=O) groups excluding carboxylic acids is 3. The number of methoxy groups -OCH3 is 3. The van der Waals surface area contributed by atoms with Gasteiger partial charge in [-0.05, 0) is 47.5 Å². The number of fused-ring (bicyclic) bond motifs is 1. The largest absolute Gasteiger partial charge is 0.493 e. The average molecular weight is 469 g/mol. The predicted octanol–water partition coefficient (Wildman–Crippen LogP) is 3.33. The highest BCUT2D eigenvalue weighted by molar-refractivity contribution is 8.18. The minimum atomic E-state index is -0.507. The number of rotatable bonds is 6. The Morgan fingerprint density at radius 2 is 1.73 bits per heavy atom. The van der Waals surface area contributed by atoms with Gasteiger partial charge in [-0.1, -0.05) is 24.3 Å². The van der Waals surface area contributed by atoms with Crippen LogP contribution in [0.5, 0.6) is 17.2 Å². The van der Waals surface area contributed by atoms with E-state index < -0.39 is 11.1 Å². The fraction of sp³-hybridized carbons (Fsp3) is 0.292. The molecular formula is C24H24N2O6S. The molecule has 4 rings (SSSR count). The van der Waals surface area contributed by atoms with E-state index in [0.29, 0.717) is 35.9 Å². The average Bonchev–Trinajstić information content (AvgIpc) is 3.10. The van der Waals surface area contributed by atoms with E-state index in [2.05, 4.69) is 6.07 Å². The van der Waals surface area contributed by atoms with Crippen LogP contribution >= 0.6 is 11.8 Å². The van der Waals surface area contributed by atoms with E-state index in [9.17, 15) is 14.4 Å². The second-order valence-electron chi connectivity index (χ2n) is 7.53. The third kappa shape index (κ3) is 4.41. The summed E-state index contributed by atoms with van der Waals surface area (Å²) in [4.78, 5) is 41.3. The molecule has 2 aromatic rings. The molecule has 0 aliphatic carbocycles. The first-order valence-corrected chi connectivity index (χ1v) is 11.2. The Balaban J connectivity index is 1.52. The highest BCUT2D eigenvalue weighted by atomic mass is 32.2. The van der Waals surface area contributed by atoms with Crippen LogP contribution in [0.1, 0.15) is 16.7 Å².